The molecule has 1 heterocycles. The lowest BCUT2D eigenvalue weighted by Gasteiger charge is -2.11. The molecule has 1 atom stereocenters. The quantitative estimate of drug-likeness (QED) is 0.633. The number of benzene rings is 1. The molecule has 0 fully saturated rings. The van der Waals surface area contributed by atoms with Gasteiger partial charge in [-0.1, -0.05) is 24.6 Å². The van der Waals surface area contributed by atoms with Gasteiger partial charge >= 0.3 is 5.97 Å². The summed E-state index contributed by atoms with van der Waals surface area (Å²) in [4.78, 5) is 16.6. The van der Waals surface area contributed by atoms with Crippen molar-refractivity contribution in [3.63, 3.8) is 0 Å². The zero-order valence-electron chi connectivity index (χ0n) is 10.7. The molecule has 2 aromatic rings. The van der Waals surface area contributed by atoms with Gasteiger partial charge in [-0.05, 0) is 18.2 Å². The number of nitrogens with zero attached hydrogens (tertiary/aromatic N) is 1. The van der Waals surface area contributed by atoms with Crippen molar-refractivity contribution in [1.29, 1.82) is 0 Å². The minimum Gasteiger partial charge on any atom is -0.469 e. The third-order valence-corrected chi connectivity index (χ3v) is 4.09. The Bertz CT molecular complexity index is 603. The van der Waals surface area contributed by atoms with E-state index in [-0.39, 0.29) is 11.2 Å². The highest BCUT2D eigenvalue weighted by Gasteiger charge is 2.12. The predicted molar refractivity (Wildman–Crippen MR) is 78.7 cm³/mol. The Balaban J connectivity index is 2.23. The van der Waals surface area contributed by atoms with Crippen LogP contribution in [0.15, 0.2) is 35.4 Å². The number of thioether (sulfide) groups is 1. The van der Waals surface area contributed by atoms with E-state index in [2.05, 4.69) is 9.72 Å². The lowest BCUT2D eigenvalue weighted by atomic mass is 10.2. The normalized spacial score (nSPS) is 12.4. The molecule has 0 aliphatic heterocycles. The van der Waals surface area contributed by atoms with Gasteiger partial charge in [0.2, 0.25) is 0 Å². The topological polar surface area (TPSA) is 39.2 Å². The average molecular weight is 296 g/mol. The number of fused-ring (bicyclic) bond motifs is 1. The summed E-state index contributed by atoms with van der Waals surface area (Å²) in [5.41, 5.74) is 0.864. The third kappa shape index (κ3) is 3.61. The number of hydrogen-bond acceptors (Lipinski definition) is 4. The Labute approximate surface area is 121 Å². The molecule has 0 radical (unpaired) electrons. The van der Waals surface area contributed by atoms with E-state index in [0.29, 0.717) is 11.4 Å². The maximum Gasteiger partial charge on any atom is 0.306 e. The molecule has 0 N–H and O–H groups in total. The van der Waals surface area contributed by atoms with E-state index in [0.717, 1.165) is 15.8 Å². The van der Waals surface area contributed by atoms with Crippen LogP contribution in [0.25, 0.3) is 10.9 Å². The monoisotopic (exact) mass is 295 g/mol. The average Bonchev–Trinajstić information content (AvgIpc) is 2.38. The summed E-state index contributed by atoms with van der Waals surface area (Å²) >= 11 is 7.60. The Morgan fingerprint density at radius 3 is 3.00 bits per heavy atom. The number of pyridine rings is 1. The fourth-order valence-corrected chi connectivity index (χ4v) is 3.03. The van der Waals surface area contributed by atoms with E-state index >= 15 is 0 Å². The van der Waals surface area contributed by atoms with Gasteiger partial charge in [-0.25, -0.2) is 0 Å². The van der Waals surface area contributed by atoms with Crippen molar-refractivity contribution >= 4 is 40.2 Å². The maximum atomic E-state index is 11.3. The first-order chi connectivity index (χ1) is 9.10. The first kappa shape index (κ1) is 14.2. The highest BCUT2D eigenvalue weighted by atomic mass is 35.5. The van der Waals surface area contributed by atoms with Gasteiger partial charge < -0.3 is 4.74 Å². The second-order valence-corrected chi connectivity index (χ2v) is 6.10. The standard InChI is InChI=1S/C14H14ClNO2S/c1-9(7-14(17)18-2)19-13-5-6-16-12-8-10(15)3-4-11(12)13/h3-6,8-9H,7H2,1-2H3. The number of rotatable bonds is 4. The molecule has 0 saturated carbocycles. The Morgan fingerprint density at radius 2 is 2.26 bits per heavy atom. The summed E-state index contributed by atoms with van der Waals surface area (Å²) in [5, 5.41) is 1.87. The third-order valence-electron chi connectivity index (χ3n) is 2.67. The van der Waals surface area contributed by atoms with Crippen LogP contribution in [0, 0.1) is 0 Å². The van der Waals surface area contributed by atoms with E-state index in [1.54, 1.807) is 18.0 Å². The first-order valence-corrected chi connectivity index (χ1v) is 7.13. The van der Waals surface area contributed by atoms with Crippen LogP contribution in [-0.4, -0.2) is 23.3 Å². The minimum absolute atomic E-state index is 0.147. The fraction of sp³-hybridized carbons (Fsp3) is 0.286. The van der Waals surface area contributed by atoms with E-state index in [1.165, 1.54) is 7.11 Å². The molecule has 0 aliphatic rings. The summed E-state index contributed by atoms with van der Waals surface area (Å²) in [5.74, 6) is -0.193. The van der Waals surface area contributed by atoms with Crippen LogP contribution in [0.4, 0.5) is 0 Å². The first-order valence-electron chi connectivity index (χ1n) is 5.88. The highest BCUT2D eigenvalue weighted by molar-refractivity contribution is 8.00. The van der Waals surface area contributed by atoms with Crippen molar-refractivity contribution in [2.24, 2.45) is 0 Å². The molecule has 5 heteroatoms. The van der Waals surface area contributed by atoms with E-state index in [9.17, 15) is 4.79 Å². The summed E-state index contributed by atoms with van der Waals surface area (Å²) < 4.78 is 4.68. The molecule has 1 aromatic carbocycles. The maximum absolute atomic E-state index is 11.3. The number of ether oxygens (including phenoxy) is 1. The van der Waals surface area contributed by atoms with Crippen LogP contribution in [0.3, 0.4) is 0 Å². The van der Waals surface area contributed by atoms with Crippen LogP contribution < -0.4 is 0 Å². The molecule has 100 valence electrons. The molecule has 1 aromatic heterocycles. The summed E-state index contributed by atoms with van der Waals surface area (Å²) in [6, 6.07) is 7.60. The second kappa shape index (κ2) is 6.26. The number of carbonyl (C=O) groups excluding carboxylic acids is 1. The van der Waals surface area contributed by atoms with Gasteiger partial charge in [0.15, 0.2) is 0 Å². The number of carbonyl (C=O) groups is 1. The number of aromatic nitrogens is 1. The van der Waals surface area contributed by atoms with Crippen molar-refractivity contribution < 1.29 is 9.53 Å². The van der Waals surface area contributed by atoms with Crippen molar-refractivity contribution in [2.75, 3.05) is 7.11 Å². The summed E-state index contributed by atoms with van der Waals surface area (Å²) in [7, 11) is 1.41. The van der Waals surface area contributed by atoms with Gasteiger partial charge in [0.05, 0.1) is 19.0 Å². The molecule has 3 nitrogen and oxygen atoms in total. The molecule has 2 rings (SSSR count). The van der Waals surface area contributed by atoms with Crippen LogP contribution in [0.1, 0.15) is 13.3 Å². The van der Waals surface area contributed by atoms with Gasteiger partial charge in [-0.2, -0.15) is 0 Å². The van der Waals surface area contributed by atoms with Crippen molar-refractivity contribution in [3.05, 3.63) is 35.5 Å². The van der Waals surface area contributed by atoms with Crippen molar-refractivity contribution in [3.8, 4) is 0 Å². The highest BCUT2D eigenvalue weighted by Crippen LogP contribution is 2.32. The number of methoxy groups -OCH3 is 1. The SMILES string of the molecule is COC(=O)CC(C)Sc1ccnc2cc(Cl)ccc12. The van der Waals surface area contributed by atoms with Crippen LogP contribution in [-0.2, 0) is 9.53 Å². The van der Waals surface area contributed by atoms with E-state index < -0.39 is 0 Å². The van der Waals surface area contributed by atoms with Gasteiger partial charge in [0.1, 0.15) is 0 Å². The molecular weight excluding hydrogens is 282 g/mol. The molecule has 0 aliphatic carbocycles. The van der Waals surface area contributed by atoms with Crippen LogP contribution in [0.2, 0.25) is 5.02 Å². The van der Waals surface area contributed by atoms with Crippen molar-refractivity contribution in [2.45, 2.75) is 23.5 Å². The minimum atomic E-state index is -0.193. The van der Waals surface area contributed by atoms with Crippen LogP contribution >= 0.6 is 23.4 Å². The van der Waals surface area contributed by atoms with Crippen LogP contribution in [0.5, 0.6) is 0 Å². The number of halogens is 1. The molecule has 0 saturated heterocycles. The fourth-order valence-electron chi connectivity index (χ4n) is 1.77. The lowest BCUT2D eigenvalue weighted by molar-refractivity contribution is -0.140. The number of esters is 1. The second-order valence-electron chi connectivity index (χ2n) is 4.18. The van der Waals surface area contributed by atoms with E-state index in [4.69, 9.17) is 11.6 Å². The van der Waals surface area contributed by atoms with Gasteiger partial charge in [0, 0.05) is 26.8 Å². The summed E-state index contributed by atoms with van der Waals surface area (Å²) in [6.07, 6.45) is 2.14. The van der Waals surface area contributed by atoms with Gasteiger partial charge in [-0.3, -0.25) is 9.78 Å². The molecular formula is C14H14ClNO2S. The zero-order valence-corrected chi connectivity index (χ0v) is 12.3. The zero-order chi connectivity index (χ0) is 13.8. The largest absolute Gasteiger partial charge is 0.469 e. The molecule has 1 unspecified atom stereocenters. The predicted octanol–water partition coefficient (Wildman–Crippen LogP) is 3.93. The van der Waals surface area contributed by atoms with Gasteiger partial charge in [0.25, 0.3) is 0 Å². The van der Waals surface area contributed by atoms with E-state index in [1.807, 2.05) is 31.2 Å². The smallest absolute Gasteiger partial charge is 0.306 e. The lowest BCUT2D eigenvalue weighted by Crippen LogP contribution is -2.08. The molecule has 0 bridgehead atoms. The molecule has 0 amide bonds. The Morgan fingerprint density at radius 1 is 1.47 bits per heavy atom. The Hall–Kier alpha value is -1.26. The molecule has 0 spiro atoms. The Kier molecular flexibility index (Phi) is 4.66. The summed E-state index contributed by atoms with van der Waals surface area (Å²) in [6.45, 7) is 2.00. The molecule has 19 heavy (non-hydrogen) atoms. The van der Waals surface area contributed by atoms with Crippen molar-refractivity contribution in [1.82, 2.24) is 4.98 Å². The number of hydrogen-bond donors (Lipinski definition) is 0. The van der Waals surface area contributed by atoms with Gasteiger partial charge in [-0.15, -0.1) is 11.8 Å².